The van der Waals surface area contributed by atoms with Gasteiger partial charge in [-0.25, -0.2) is 19.4 Å². The summed E-state index contributed by atoms with van der Waals surface area (Å²) >= 11 is 10.1. The van der Waals surface area contributed by atoms with Crippen LogP contribution in [0.2, 0.25) is 0 Å². The number of benzene rings is 2. The van der Waals surface area contributed by atoms with Gasteiger partial charge >= 0.3 is 11.9 Å². The summed E-state index contributed by atoms with van der Waals surface area (Å²) in [5, 5.41) is 0. The van der Waals surface area contributed by atoms with Crippen molar-refractivity contribution in [2.75, 3.05) is 11.8 Å². The Morgan fingerprint density at radius 2 is 1.00 bits per heavy atom. The minimum Gasteiger partial charge on any atom is -0.242 e. The van der Waals surface area contributed by atoms with Crippen molar-refractivity contribution in [3.63, 3.8) is 0 Å². The minimum atomic E-state index is -0.708. The molecule has 0 saturated carbocycles. The molecule has 0 aliphatic heterocycles. The van der Waals surface area contributed by atoms with Crippen molar-refractivity contribution in [2.45, 2.75) is 0 Å². The molecule has 22 heavy (non-hydrogen) atoms. The Morgan fingerprint density at radius 1 is 0.682 bits per heavy atom. The van der Waals surface area contributed by atoms with Gasteiger partial charge in [0.25, 0.3) is 0 Å². The van der Waals surface area contributed by atoms with E-state index in [-0.39, 0.29) is 0 Å². The standard InChI is InChI=1S/C14H10O4.C2H4Cl2/c15-13(11-7-3-1-4-8-11)17-18-14(16)12-9-5-2-6-10-12;3-1-2-4/h1-10H;1-2H2. The molecule has 4 nitrogen and oxygen atoms in total. The summed E-state index contributed by atoms with van der Waals surface area (Å²) in [7, 11) is 0. The van der Waals surface area contributed by atoms with E-state index < -0.39 is 11.9 Å². The van der Waals surface area contributed by atoms with Crippen LogP contribution in [0, 0.1) is 0 Å². The normalized spacial score (nSPS) is 9.18. The molecule has 0 unspecified atom stereocenters. The summed E-state index contributed by atoms with van der Waals surface area (Å²) in [6, 6.07) is 16.6. The van der Waals surface area contributed by atoms with Crippen molar-refractivity contribution >= 4 is 35.1 Å². The monoisotopic (exact) mass is 340 g/mol. The smallest absolute Gasteiger partial charge is 0.242 e. The van der Waals surface area contributed by atoms with Gasteiger partial charge in [-0.1, -0.05) is 36.4 Å². The molecule has 2 aromatic rings. The van der Waals surface area contributed by atoms with E-state index in [1.165, 1.54) is 0 Å². The largest absolute Gasteiger partial charge is 0.386 e. The molecule has 6 heteroatoms. The fourth-order valence-electron chi connectivity index (χ4n) is 1.32. The SMILES string of the molecule is ClCCCl.O=C(OOC(=O)c1ccccc1)c1ccccc1. The lowest BCUT2D eigenvalue weighted by atomic mass is 10.2. The van der Waals surface area contributed by atoms with E-state index in [2.05, 4.69) is 9.78 Å². The second kappa shape index (κ2) is 10.7. The Labute approximate surface area is 138 Å². The predicted molar refractivity (Wildman–Crippen MR) is 85.2 cm³/mol. The van der Waals surface area contributed by atoms with Crippen LogP contribution in [0.15, 0.2) is 60.7 Å². The molecule has 0 bridgehead atoms. The van der Waals surface area contributed by atoms with Crippen molar-refractivity contribution in [1.82, 2.24) is 0 Å². The highest BCUT2D eigenvalue weighted by Gasteiger charge is 2.12. The molecule has 0 saturated heterocycles. The van der Waals surface area contributed by atoms with Crippen LogP contribution in [0.3, 0.4) is 0 Å². The van der Waals surface area contributed by atoms with Crippen molar-refractivity contribution in [3.8, 4) is 0 Å². The van der Waals surface area contributed by atoms with E-state index in [1.807, 2.05) is 0 Å². The predicted octanol–water partition coefficient (Wildman–Crippen LogP) is 4.08. The highest BCUT2D eigenvalue weighted by molar-refractivity contribution is 6.25. The average molecular weight is 341 g/mol. The fourth-order valence-corrected chi connectivity index (χ4v) is 1.32. The fraction of sp³-hybridized carbons (Fsp3) is 0.125. The average Bonchev–Trinajstić information content (AvgIpc) is 2.61. The summed E-state index contributed by atoms with van der Waals surface area (Å²) in [6.45, 7) is 0. The molecule has 0 heterocycles. The van der Waals surface area contributed by atoms with E-state index in [0.29, 0.717) is 22.9 Å². The molecule has 0 atom stereocenters. The van der Waals surface area contributed by atoms with E-state index in [9.17, 15) is 9.59 Å². The molecule has 0 amide bonds. The Kier molecular flexibility index (Phi) is 8.72. The van der Waals surface area contributed by atoms with Gasteiger partial charge in [-0.2, -0.15) is 0 Å². The van der Waals surface area contributed by atoms with Gasteiger partial charge < -0.3 is 0 Å². The van der Waals surface area contributed by atoms with Crippen molar-refractivity contribution < 1.29 is 19.4 Å². The van der Waals surface area contributed by atoms with Gasteiger partial charge in [0.05, 0.1) is 11.1 Å². The van der Waals surface area contributed by atoms with Crippen LogP contribution in [0.25, 0.3) is 0 Å². The van der Waals surface area contributed by atoms with Gasteiger partial charge in [0, 0.05) is 11.8 Å². The molecule has 0 aliphatic carbocycles. The third-order valence-corrected chi connectivity index (χ3v) is 2.85. The lowest BCUT2D eigenvalue weighted by molar-refractivity contribution is -0.187. The third-order valence-electron chi connectivity index (χ3n) is 2.28. The maximum absolute atomic E-state index is 11.5. The Hall–Kier alpha value is -2.04. The molecule has 2 rings (SSSR count). The van der Waals surface area contributed by atoms with Gasteiger partial charge in [0.15, 0.2) is 0 Å². The zero-order valence-electron chi connectivity index (χ0n) is 11.6. The zero-order chi connectivity index (χ0) is 16.2. The maximum atomic E-state index is 11.5. The number of halogens is 2. The van der Waals surface area contributed by atoms with Crippen molar-refractivity contribution in [1.29, 1.82) is 0 Å². The van der Waals surface area contributed by atoms with Gasteiger partial charge in [-0.15, -0.1) is 23.2 Å². The van der Waals surface area contributed by atoms with E-state index in [4.69, 9.17) is 23.2 Å². The van der Waals surface area contributed by atoms with Gasteiger partial charge in [0.1, 0.15) is 0 Å². The van der Waals surface area contributed by atoms with Crippen LogP contribution < -0.4 is 0 Å². The summed E-state index contributed by atoms with van der Waals surface area (Å²) in [5.41, 5.74) is 0.636. The highest BCUT2D eigenvalue weighted by Crippen LogP contribution is 2.05. The molecule has 0 spiro atoms. The Morgan fingerprint density at radius 3 is 1.27 bits per heavy atom. The molecule has 0 radical (unpaired) electrons. The molecule has 2 aromatic carbocycles. The number of rotatable bonds is 3. The number of carbonyl (C=O) groups excluding carboxylic acids is 2. The second-order valence-electron chi connectivity index (χ2n) is 3.85. The quantitative estimate of drug-likeness (QED) is 0.480. The summed E-state index contributed by atoms with van der Waals surface area (Å²) in [6.07, 6.45) is 0. The lowest BCUT2D eigenvalue weighted by Gasteiger charge is -2.02. The highest BCUT2D eigenvalue weighted by atomic mass is 35.5. The summed E-state index contributed by atoms with van der Waals surface area (Å²) in [5.74, 6) is -0.303. The van der Waals surface area contributed by atoms with E-state index >= 15 is 0 Å². The Balaban J connectivity index is 0.000000541. The van der Waals surface area contributed by atoms with E-state index in [1.54, 1.807) is 60.7 Å². The van der Waals surface area contributed by atoms with Gasteiger partial charge in [-0.05, 0) is 24.3 Å². The molecule has 0 fully saturated rings. The minimum absolute atomic E-state index is 0.318. The van der Waals surface area contributed by atoms with Crippen LogP contribution in [-0.4, -0.2) is 23.7 Å². The number of hydrogen-bond acceptors (Lipinski definition) is 4. The summed E-state index contributed by atoms with van der Waals surface area (Å²) < 4.78 is 0. The Bertz CT molecular complexity index is 520. The molecule has 0 aromatic heterocycles. The van der Waals surface area contributed by atoms with Crippen LogP contribution in [0.5, 0.6) is 0 Å². The number of carbonyl (C=O) groups is 2. The zero-order valence-corrected chi connectivity index (χ0v) is 13.1. The second-order valence-corrected chi connectivity index (χ2v) is 4.61. The summed E-state index contributed by atoms with van der Waals surface area (Å²) in [4.78, 5) is 31.9. The third kappa shape index (κ3) is 6.61. The van der Waals surface area contributed by atoms with Crippen molar-refractivity contribution in [3.05, 3.63) is 71.8 Å². The maximum Gasteiger partial charge on any atom is 0.386 e. The van der Waals surface area contributed by atoms with Gasteiger partial charge in [0.2, 0.25) is 0 Å². The lowest BCUT2D eigenvalue weighted by Crippen LogP contribution is -2.11. The topological polar surface area (TPSA) is 52.6 Å². The van der Waals surface area contributed by atoms with Gasteiger partial charge in [-0.3, -0.25) is 0 Å². The molecule has 0 N–H and O–H groups in total. The van der Waals surface area contributed by atoms with Crippen LogP contribution in [0.4, 0.5) is 0 Å². The first-order valence-electron chi connectivity index (χ1n) is 6.34. The first-order valence-corrected chi connectivity index (χ1v) is 7.41. The number of alkyl halides is 2. The molecule has 0 aliphatic rings. The van der Waals surface area contributed by atoms with Crippen LogP contribution in [-0.2, 0) is 9.78 Å². The first-order chi connectivity index (χ1) is 10.7. The van der Waals surface area contributed by atoms with Crippen LogP contribution >= 0.6 is 23.2 Å². The van der Waals surface area contributed by atoms with Crippen LogP contribution in [0.1, 0.15) is 20.7 Å². The first kappa shape index (κ1) is 18.0. The molecule has 116 valence electrons. The molecular formula is C16H14Cl2O4. The van der Waals surface area contributed by atoms with Crippen molar-refractivity contribution in [2.24, 2.45) is 0 Å². The molecular weight excluding hydrogens is 327 g/mol. The number of hydrogen-bond donors (Lipinski definition) is 0. The van der Waals surface area contributed by atoms with E-state index in [0.717, 1.165) is 0 Å².